The third-order valence-electron chi connectivity index (χ3n) is 4.27. The zero-order chi connectivity index (χ0) is 17.0. The number of nitrogens with zero attached hydrogens (tertiary/aromatic N) is 1. The van der Waals surface area contributed by atoms with E-state index in [0.29, 0.717) is 13.1 Å². The lowest BCUT2D eigenvalue weighted by Gasteiger charge is -2.23. The van der Waals surface area contributed by atoms with Crippen LogP contribution in [0.5, 0.6) is 5.75 Å². The van der Waals surface area contributed by atoms with E-state index >= 15 is 0 Å². The van der Waals surface area contributed by atoms with E-state index in [2.05, 4.69) is 13.0 Å². The second-order valence-corrected chi connectivity index (χ2v) is 5.63. The Labute approximate surface area is 138 Å². The minimum Gasteiger partial charge on any atom is -0.496 e. The quantitative estimate of drug-likeness (QED) is 0.816. The maximum atomic E-state index is 13.1. The molecule has 3 nitrogen and oxygen atoms in total. The molecule has 0 aliphatic rings. The highest BCUT2D eigenvalue weighted by molar-refractivity contribution is 6.04. The summed E-state index contributed by atoms with van der Waals surface area (Å²) in [4.78, 5) is 14.9. The van der Waals surface area contributed by atoms with Crippen LogP contribution < -0.4 is 4.74 Å². The summed E-state index contributed by atoms with van der Waals surface area (Å²) < 4.78 is 5.58. The van der Waals surface area contributed by atoms with Gasteiger partial charge < -0.3 is 9.64 Å². The maximum Gasteiger partial charge on any atom is 0.254 e. The first-order chi connectivity index (χ1) is 11.0. The molecule has 0 bridgehead atoms. The van der Waals surface area contributed by atoms with Gasteiger partial charge in [-0.3, -0.25) is 4.79 Å². The molecule has 1 amide bonds. The zero-order valence-electron chi connectivity index (χ0n) is 14.6. The van der Waals surface area contributed by atoms with Crippen molar-refractivity contribution in [1.29, 1.82) is 0 Å². The Kier molecular flexibility index (Phi) is 5.43. The van der Waals surface area contributed by atoms with Gasteiger partial charge in [0, 0.05) is 18.7 Å². The van der Waals surface area contributed by atoms with Crippen LogP contribution in [0.1, 0.15) is 35.3 Å². The van der Waals surface area contributed by atoms with E-state index in [1.165, 1.54) is 0 Å². The second kappa shape index (κ2) is 7.32. The SMILES string of the molecule is CCN(CC)C(=O)c1c(C)ccc(OC)c1-c1ccccc1C. The summed E-state index contributed by atoms with van der Waals surface area (Å²) in [6.45, 7) is 9.44. The van der Waals surface area contributed by atoms with Crippen molar-refractivity contribution in [2.45, 2.75) is 27.7 Å². The summed E-state index contributed by atoms with van der Waals surface area (Å²) in [5.41, 5.74) is 4.78. The fraction of sp³-hybridized carbons (Fsp3) is 0.350. The van der Waals surface area contributed by atoms with Gasteiger partial charge in [0.15, 0.2) is 0 Å². The van der Waals surface area contributed by atoms with Gasteiger partial charge >= 0.3 is 0 Å². The van der Waals surface area contributed by atoms with Crippen molar-refractivity contribution in [3.8, 4) is 16.9 Å². The fourth-order valence-electron chi connectivity index (χ4n) is 2.92. The van der Waals surface area contributed by atoms with E-state index < -0.39 is 0 Å². The van der Waals surface area contributed by atoms with Crippen molar-refractivity contribution in [2.24, 2.45) is 0 Å². The fourth-order valence-corrected chi connectivity index (χ4v) is 2.92. The number of amides is 1. The van der Waals surface area contributed by atoms with Gasteiger partial charge in [0.1, 0.15) is 5.75 Å². The molecule has 23 heavy (non-hydrogen) atoms. The number of rotatable bonds is 5. The third-order valence-corrected chi connectivity index (χ3v) is 4.27. The number of aryl methyl sites for hydroxylation is 2. The molecule has 0 atom stereocenters. The lowest BCUT2D eigenvalue weighted by atomic mass is 9.91. The molecule has 2 aromatic carbocycles. The molecule has 0 aromatic heterocycles. The van der Waals surface area contributed by atoms with Crippen LogP contribution >= 0.6 is 0 Å². The largest absolute Gasteiger partial charge is 0.496 e. The van der Waals surface area contributed by atoms with Crippen molar-refractivity contribution < 1.29 is 9.53 Å². The second-order valence-electron chi connectivity index (χ2n) is 5.63. The molecule has 2 aromatic rings. The standard InChI is InChI=1S/C20H25NO2/c1-6-21(7-2)20(22)18-15(4)12-13-17(23-5)19(18)16-11-9-8-10-14(16)3/h8-13H,6-7H2,1-5H3. The van der Waals surface area contributed by atoms with Crippen LogP contribution in [0.25, 0.3) is 11.1 Å². The molecule has 0 spiro atoms. The molecule has 122 valence electrons. The van der Waals surface area contributed by atoms with E-state index in [1.807, 2.05) is 56.0 Å². The number of methoxy groups -OCH3 is 1. The maximum absolute atomic E-state index is 13.1. The highest BCUT2D eigenvalue weighted by Crippen LogP contribution is 2.37. The molecular weight excluding hydrogens is 286 g/mol. The Morgan fingerprint density at radius 3 is 2.22 bits per heavy atom. The molecule has 2 rings (SSSR count). The molecule has 0 aliphatic heterocycles. The first kappa shape index (κ1) is 17.1. The topological polar surface area (TPSA) is 29.5 Å². The normalized spacial score (nSPS) is 10.5. The van der Waals surface area contributed by atoms with E-state index in [0.717, 1.165) is 33.6 Å². The van der Waals surface area contributed by atoms with Crippen LogP contribution in [0.2, 0.25) is 0 Å². The molecule has 0 N–H and O–H groups in total. The summed E-state index contributed by atoms with van der Waals surface area (Å²) in [7, 11) is 1.65. The average Bonchev–Trinajstić information content (AvgIpc) is 2.56. The monoisotopic (exact) mass is 311 g/mol. The Morgan fingerprint density at radius 2 is 1.65 bits per heavy atom. The van der Waals surface area contributed by atoms with Gasteiger partial charge in [0.05, 0.1) is 12.7 Å². The first-order valence-electron chi connectivity index (χ1n) is 8.07. The molecular formula is C20H25NO2. The van der Waals surface area contributed by atoms with Gasteiger partial charge in [-0.1, -0.05) is 30.3 Å². The smallest absolute Gasteiger partial charge is 0.254 e. The van der Waals surface area contributed by atoms with Gasteiger partial charge in [0.2, 0.25) is 0 Å². The molecule has 0 fully saturated rings. The van der Waals surface area contributed by atoms with Crippen molar-refractivity contribution >= 4 is 5.91 Å². The summed E-state index contributed by atoms with van der Waals surface area (Å²) in [5.74, 6) is 0.796. The molecule has 3 heteroatoms. The van der Waals surface area contributed by atoms with Crippen molar-refractivity contribution in [3.05, 3.63) is 53.1 Å². The summed E-state index contributed by atoms with van der Waals surface area (Å²) in [6.07, 6.45) is 0. The summed E-state index contributed by atoms with van der Waals surface area (Å²) >= 11 is 0. The highest BCUT2D eigenvalue weighted by Gasteiger charge is 2.23. The predicted molar refractivity (Wildman–Crippen MR) is 95.2 cm³/mol. The summed E-state index contributed by atoms with van der Waals surface area (Å²) in [6, 6.07) is 12.0. The molecule has 0 saturated heterocycles. The summed E-state index contributed by atoms with van der Waals surface area (Å²) in [5, 5.41) is 0. The Hall–Kier alpha value is -2.29. The Balaban J connectivity index is 2.76. The zero-order valence-corrected chi connectivity index (χ0v) is 14.6. The Morgan fingerprint density at radius 1 is 1.00 bits per heavy atom. The molecule has 0 radical (unpaired) electrons. The Bertz CT molecular complexity index is 703. The van der Waals surface area contributed by atoms with Crippen molar-refractivity contribution in [2.75, 3.05) is 20.2 Å². The lowest BCUT2D eigenvalue weighted by molar-refractivity contribution is 0.0772. The molecule has 0 unspecified atom stereocenters. The van der Waals surface area contributed by atoms with Gasteiger partial charge in [-0.15, -0.1) is 0 Å². The predicted octanol–water partition coefficient (Wildman–Crippen LogP) is 4.46. The van der Waals surface area contributed by atoms with E-state index in [4.69, 9.17) is 4.74 Å². The number of hydrogen-bond acceptors (Lipinski definition) is 2. The van der Waals surface area contributed by atoms with Gasteiger partial charge in [-0.25, -0.2) is 0 Å². The van der Waals surface area contributed by atoms with Crippen LogP contribution in [0.4, 0.5) is 0 Å². The van der Waals surface area contributed by atoms with E-state index in [-0.39, 0.29) is 5.91 Å². The van der Waals surface area contributed by atoms with Crippen molar-refractivity contribution in [3.63, 3.8) is 0 Å². The van der Waals surface area contributed by atoms with Gasteiger partial charge in [-0.05, 0) is 50.5 Å². The number of carbonyl (C=O) groups is 1. The minimum atomic E-state index is 0.0599. The van der Waals surface area contributed by atoms with E-state index in [9.17, 15) is 4.79 Å². The number of carbonyl (C=O) groups excluding carboxylic acids is 1. The van der Waals surface area contributed by atoms with Gasteiger partial charge in [-0.2, -0.15) is 0 Å². The van der Waals surface area contributed by atoms with Crippen LogP contribution in [0, 0.1) is 13.8 Å². The van der Waals surface area contributed by atoms with Crippen LogP contribution in [-0.4, -0.2) is 31.0 Å². The molecule has 0 heterocycles. The lowest BCUT2D eigenvalue weighted by Crippen LogP contribution is -2.31. The average molecular weight is 311 g/mol. The van der Waals surface area contributed by atoms with Crippen LogP contribution in [0.15, 0.2) is 36.4 Å². The van der Waals surface area contributed by atoms with Crippen LogP contribution in [-0.2, 0) is 0 Å². The van der Waals surface area contributed by atoms with E-state index in [1.54, 1.807) is 7.11 Å². The van der Waals surface area contributed by atoms with Crippen molar-refractivity contribution in [1.82, 2.24) is 4.90 Å². The van der Waals surface area contributed by atoms with Crippen LogP contribution in [0.3, 0.4) is 0 Å². The first-order valence-corrected chi connectivity index (χ1v) is 8.07. The number of ether oxygens (including phenoxy) is 1. The highest BCUT2D eigenvalue weighted by atomic mass is 16.5. The number of hydrogen-bond donors (Lipinski definition) is 0. The molecule has 0 saturated carbocycles. The number of benzene rings is 2. The molecule has 0 aliphatic carbocycles. The van der Waals surface area contributed by atoms with Gasteiger partial charge in [0.25, 0.3) is 5.91 Å². The minimum absolute atomic E-state index is 0.0599. The third kappa shape index (κ3) is 3.24.